The van der Waals surface area contributed by atoms with Crippen LogP contribution in [0.15, 0.2) is 24.3 Å². The first-order valence-electron chi connectivity index (χ1n) is 7.88. The van der Waals surface area contributed by atoms with Crippen LogP contribution in [-0.2, 0) is 15.0 Å². The lowest BCUT2D eigenvalue weighted by Crippen LogP contribution is -2.39. The zero-order chi connectivity index (χ0) is 16.3. The van der Waals surface area contributed by atoms with E-state index in [-0.39, 0.29) is 23.2 Å². The number of aryl methyl sites for hydroxylation is 1. The van der Waals surface area contributed by atoms with E-state index >= 15 is 0 Å². The molecule has 1 aliphatic carbocycles. The molecule has 0 aromatic heterocycles. The predicted molar refractivity (Wildman–Crippen MR) is 85.7 cm³/mol. The molecule has 0 spiro atoms. The van der Waals surface area contributed by atoms with Gasteiger partial charge in [-0.05, 0) is 37.3 Å². The van der Waals surface area contributed by atoms with Crippen LogP contribution in [0.25, 0.3) is 0 Å². The molecule has 1 aliphatic rings. The topological polar surface area (TPSA) is 66.4 Å². The number of amides is 1. The summed E-state index contributed by atoms with van der Waals surface area (Å²) in [5.41, 5.74) is 2.30. The molecule has 0 radical (unpaired) electrons. The monoisotopic (exact) mass is 303 g/mol. The number of rotatable bonds is 5. The van der Waals surface area contributed by atoms with Gasteiger partial charge in [-0.15, -0.1) is 0 Å². The van der Waals surface area contributed by atoms with Crippen LogP contribution in [0.2, 0.25) is 0 Å². The standard InChI is InChI=1S/C18H25NO3/c1-12-6-4-5-7-15(12)18(2,3)11-19-16(20)13-8-9-14(10-13)17(21)22/h4-7,13-14H,8-11H2,1-3H3,(H,19,20)(H,21,22)/t13-,14+/m1/s1. The van der Waals surface area contributed by atoms with Crippen LogP contribution in [0.1, 0.15) is 44.2 Å². The van der Waals surface area contributed by atoms with Gasteiger partial charge in [0, 0.05) is 17.9 Å². The largest absolute Gasteiger partial charge is 0.481 e. The van der Waals surface area contributed by atoms with Crippen molar-refractivity contribution in [3.05, 3.63) is 35.4 Å². The number of aliphatic carboxylic acids is 1. The lowest BCUT2D eigenvalue weighted by molar-refractivity contribution is -0.141. The number of carbonyl (C=O) groups is 2. The second-order valence-electron chi connectivity index (χ2n) is 6.96. The molecule has 1 amide bonds. The maximum absolute atomic E-state index is 12.3. The molecular formula is C18H25NO3. The third-order valence-corrected chi connectivity index (χ3v) is 4.73. The summed E-state index contributed by atoms with van der Waals surface area (Å²) in [7, 11) is 0. The maximum atomic E-state index is 12.3. The molecule has 1 fully saturated rings. The highest BCUT2D eigenvalue weighted by molar-refractivity contribution is 5.81. The van der Waals surface area contributed by atoms with E-state index in [2.05, 4.69) is 38.2 Å². The van der Waals surface area contributed by atoms with Crippen molar-refractivity contribution in [1.29, 1.82) is 0 Å². The second kappa shape index (κ2) is 6.51. The first-order chi connectivity index (χ1) is 10.3. The molecule has 1 aromatic carbocycles. The quantitative estimate of drug-likeness (QED) is 0.879. The summed E-state index contributed by atoms with van der Waals surface area (Å²) in [4.78, 5) is 23.2. The Morgan fingerprint density at radius 2 is 1.86 bits per heavy atom. The molecule has 4 nitrogen and oxygen atoms in total. The minimum Gasteiger partial charge on any atom is -0.481 e. The van der Waals surface area contributed by atoms with Gasteiger partial charge in [0.2, 0.25) is 5.91 Å². The SMILES string of the molecule is Cc1ccccc1C(C)(C)CNC(=O)[C@@H]1CC[C@H](C(=O)O)C1. The van der Waals surface area contributed by atoms with Crippen molar-refractivity contribution in [3.63, 3.8) is 0 Å². The smallest absolute Gasteiger partial charge is 0.306 e. The van der Waals surface area contributed by atoms with E-state index in [0.29, 0.717) is 25.8 Å². The fourth-order valence-corrected chi connectivity index (χ4v) is 3.32. The van der Waals surface area contributed by atoms with Crippen molar-refractivity contribution in [3.8, 4) is 0 Å². The Labute approximate surface area is 131 Å². The Hall–Kier alpha value is -1.84. The molecule has 120 valence electrons. The number of benzene rings is 1. The molecule has 1 saturated carbocycles. The van der Waals surface area contributed by atoms with Crippen molar-refractivity contribution >= 4 is 11.9 Å². The van der Waals surface area contributed by atoms with Crippen molar-refractivity contribution in [2.24, 2.45) is 11.8 Å². The summed E-state index contributed by atoms with van der Waals surface area (Å²) in [6.45, 7) is 6.87. The Bertz CT molecular complexity index is 565. The van der Waals surface area contributed by atoms with Crippen LogP contribution in [0, 0.1) is 18.8 Å². The molecule has 2 atom stereocenters. The zero-order valence-corrected chi connectivity index (χ0v) is 13.6. The number of nitrogens with one attached hydrogen (secondary N) is 1. The van der Waals surface area contributed by atoms with Crippen LogP contribution in [-0.4, -0.2) is 23.5 Å². The van der Waals surface area contributed by atoms with E-state index in [1.165, 1.54) is 11.1 Å². The highest BCUT2D eigenvalue weighted by Crippen LogP contribution is 2.31. The van der Waals surface area contributed by atoms with Crippen LogP contribution in [0.5, 0.6) is 0 Å². The molecule has 0 aliphatic heterocycles. The number of hydrogen-bond acceptors (Lipinski definition) is 2. The minimum absolute atomic E-state index is 0.00888. The first-order valence-corrected chi connectivity index (χ1v) is 7.88. The summed E-state index contributed by atoms with van der Waals surface area (Å²) < 4.78 is 0. The fraction of sp³-hybridized carbons (Fsp3) is 0.556. The minimum atomic E-state index is -0.782. The summed E-state index contributed by atoms with van der Waals surface area (Å²) in [5.74, 6) is -1.31. The lowest BCUT2D eigenvalue weighted by atomic mass is 9.82. The van der Waals surface area contributed by atoms with Gasteiger partial charge < -0.3 is 10.4 Å². The molecule has 0 saturated heterocycles. The molecule has 22 heavy (non-hydrogen) atoms. The predicted octanol–water partition coefficient (Wildman–Crippen LogP) is 2.89. The second-order valence-corrected chi connectivity index (χ2v) is 6.96. The fourth-order valence-electron chi connectivity index (χ4n) is 3.32. The van der Waals surface area contributed by atoms with Gasteiger partial charge in [0.05, 0.1) is 5.92 Å². The van der Waals surface area contributed by atoms with Crippen LogP contribution in [0.3, 0.4) is 0 Å². The number of carboxylic acid groups (broad SMARTS) is 1. The molecule has 0 bridgehead atoms. The highest BCUT2D eigenvalue weighted by atomic mass is 16.4. The van der Waals surface area contributed by atoms with Crippen LogP contribution < -0.4 is 5.32 Å². The van der Waals surface area contributed by atoms with Gasteiger partial charge in [-0.2, -0.15) is 0 Å². The molecule has 0 unspecified atom stereocenters. The summed E-state index contributed by atoms with van der Waals surface area (Å²) >= 11 is 0. The average molecular weight is 303 g/mol. The van der Waals surface area contributed by atoms with Crippen LogP contribution in [0.4, 0.5) is 0 Å². The van der Waals surface area contributed by atoms with E-state index in [0.717, 1.165) is 0 Å². The van der Waals surface area contributed by atoms with E-state index < -0.39 is 5.97 Å². The zero-order valence-electron chi connectivity index (χ0n) is 13.6. The Kier molecular flexibility index (Phi) is 4.89. The Balaban J connectivity index is 1.94. The summed E-state index contributed by atoms with van der Waals surface area (Å²) in [6, 6.07) is 8.20. The first kappa shape index (κ1) is 16.5. The van der Waals surface area contributed by atoms with Gasteiger partial charge in [-0.1, -0.05) is 38.1 Å². The van der Waals surface area contributed by atoms with Crippen LogP contribution >= 0.6 is 0 Å². The third kappa shape index (κ3) is 3.67. The normalized spacial score (nSPS) is 21.6. The summed E-state index contributed by atoms with van der Waals surface area (Å²) in [6.07, 6.45) is 1.74. The molecule has 2 N–H and O–H groups in total. The molecule has 0 heterocycles. The Morgan fingerprint density at radius 1 is 1.23 bits per heavy atom. The number of carboxylic acids is 1. The highest BCUT2D eigenvalue weighted by Gasteiger charge is 2.34. The van der Waals surface area contributed by atoms with Crippen molar-refractivity contribution in [2.75, 3.05) is 6.54 Å². The van der Waals surface area contributed by atoms with Gasteiger partial charge >= 0.3 is 5.97 Å². The van der Waals surface area contributed by atoms with Gasteiger partial charge in [0.25, 0.3) is 0 Å². The number of carbonyl (C=O) groups excluding carboxylic acids is 1. The molecule has 1 aromatic rings. The average Bonchev–Trinajstić information content (AvgIpc) is 2.95. The van der Waals surface area contributed by atoms with Crippen molar-refractivity contribution in [2.45, 2.75) is 45.4 Å². The lowest BCUT2D eigenvalue weighted by Gasteiger charge is -2.28. The molecule has 4 heteroatoms. The van der Waals surface area contributed by atoms with E-state index in [9.17, 15) is 9.59 Å². The van der Waals surface area contributed by atoms with E-state index in [1.807, 2.05) is 12.1 Å². The van der Waals surface area contributed by atoms with E-state index in [4.69, 9.17) is 5.11 Å². The Morgan fingerprint density at radius 3 is 2.45 bits per heavy atom. The van der Waals surface area contributed by atoms with Crippen molar-refractivity contribution < 1.29 is 14.7 Å². The van der Waals surface area contributed by atoms with Gasteiger partial charge in [0.15, 0.2) is 0 Å². The molecular weight excluding hydrogens is 278 g/mol. The number of hydrogen-bond donors (Lipinski definition) is 2. The van der Waals surface area contributed by atoms with Gasteiger partial charge in [0.1, 0.15) is 0 Å². The van der Waals surface area contributed by atoms with E-state index in [1.54, 1.807) is 0 Å². The molecule has 2 rings (SSSR count). The third-order valence-electron chi connectivity index (χ3n) is 4.73. The van der Waals surface area contributed by atoms with Crippen molar-refractivity contribution in [1.82, 2.24) is 5.32 Å². The van der Waals surface area contributed by atoms with Gasteiger partial charge in [-0.25, -0.2) is 0 Å². The summed E-state index contributed by atoms with van der Waals surface area (Å²) in [5, 5.41) is 12.0. The van der Waals surface area contributed by atoms with Gasteiger partial charge in [-0.3, -0.25) is 9.59 Å². The maximum Gasteiger partial charge on any atom is 0.306 e.